The Hall–Kier alpha value is -2.54. The first kappa shape index (κ1) is 13.4. The molecule has 0 N–H and O–H groups in total. The molecule has 2 aromatic heterocycles. The van der Waals surface area contributed by atoms with Crippen molar-refractivity contribution in [1.82, 2.24) is 13.7 Å². The lowest BCUT2D eigenvalue weighted by Crippen LogP contribution is -2.05. The van der Waals surface area contributed by atoms with E-state index < -0.39 is 5.97 Å². The highest BCUT2D eigenvalue weighted by Gasteiger charge is 2.09. The molecule has 7 heteroatoms. The number of aromatic nitrogens is 3. The molecule has 0 spiro atoms. The summed E-state index contributed by atoms with van der Waals surface area (Å²) in [5, 5.41) is 0. The maximum absolute atomic E-state index is 11.9. The third-order valence-corrected chi connectivity index (χ3v) is 3.43. The van der Waals surface area contributed by atoms with Gasteiger partial charge in [0.1, 0.15) is 17.6 Å². The maximum Gasteiger partial charge on any atom is 0.340 e. The quantitative estimate of drug-likeness (QED) is 0.689. The molecule has 3 rings (SSSR count). The van der Waals surface area contributed by atoms with Crippen LogP contribution in [0.25, 0.3) is 11.0 Å². The van der Waals surface area contributed by atoms with Gasteiger partial charge in [-0.25, -0.2) is 9.78 Å². The van der Waals surface area contributed by atoms with Crippen molar-refractivity contribution in [2.75, 3.05) is 7.11 Å². The molecule has 3 aromatic rings. The lowest BCUT2D eigenvalue weighted by Gasteiger charge is -2.05. The summed E-state index contributed by atoms with van der Waals surface area (Å²) in [5.41, 5.74) is 2.89. The number of carbonyl (C=O) groups excluding carboxylic acids is 1. The molecule has 0 bridgehead atoms. The van der Waals surface area contributed by atoms with Crippen LogP contribution >= 0.6 is 11.7 Å². The van der Waals surface area contributed by atoms with Gasteiger partial charge in [0.25, 0.3) is 0 Å². The number of esters is 1. The Morgan fingerprint density at radius 3 is 2.81 bits per heavy atom. The van der Waals surface area contributed by atoms with Crippen molar-refractivity contribution in [3.8, 4) is 5.88 Å². The van der Waals surface area contributed by atoms with E-state index in [9.17, 15) is 4.79 Å². The third-order valence-electron chi connectivity index (χ3n) is 2.87. The largest absolute Gasteiger partial charge is 0.481 e. The van der Waals surface area contributed by atoms with E-state index in [2.05, 4.69) is 13.7 Å². The summed E-state index contributed by atoms with van der Waals surface area (Å²) >= 11 is 1.16. The molecule has 2 heterocycles. The minimum atomic E-state index is -0.429. The number of hydrogen-bond acceptors (Lipinski definition) is 7. The predicted molar refractivity (Wildman–Crippen MR) is 77.3 cm³/mol. The molecule has 0 saturated carbocycles. The van der Waals surface area contributed by atoms with Crippen molar-refractivity contribution in [3.05, 3.63) is 47.7 Å². The van der Waals surface area contributed by atoms with Gasteiger partial charge in [0.15, 0.2) is 0 Å². The second-order valence-electron chi connectivity index (χ2n) is 4.25. The second-order valence-corrected chi connectivity index (χ2v) is 4.78. The van der Waals surface area contributed by atoms with Gasteiger partial charge >= 0.3 is 5.97 Å². The van der Waals surface area contributed by atoms with Crippen LogP contribution in [0.4, 0.5) is 0 Å². The SMILES string of the molecule is COc1ccc(C(=O)OCc2ccc3nsnc3c2)cn1. The molecule has 0 aliphatic heterocycles. The Morgan fingerprint density at radius 2 is 2.05 bits per heavy atom. The standard InChI is InChI=1S/C14H11N3O3S/c1-19-13-5-3-10(7-15-13)14(18)20-8-9-2-4-11-12(6-9)17-21-16-11/h2-7H,8H2,1H3. The Balaban J connectivity index is 1.66. The molecular formula is C14H11N3O3S. The number of methoxy groups -OCH3 is 1. The van der Waals surface area contributed by atoms with E-state index in [0.717, 1.165) is 28.3 Å². The molecule has 106 valence electrons. The average Bonchev–Trinajstić information content (AvgIpc) is 3.00. The summed E-state index contributed by atoms with van der Waals surface area (Å²) in [6.45, 7) is 0.179. The summed E-state index contributed by atoms with van der Waals surface area (Å²) in [6, 6.07) is 8.81. The van der Waals surface area contributed by atoms with Gasteiger partial charge in [0.2, 0.25) is 5.88 Å². The first-order chi connectivity index (χ1) is 10.3. The van der Waals surface area contributed by atoms with E-state index in [4.69, 9.17) is 9.47 Å². The van der Waals surface area contributed by atoms with E-state index in [0.29, 0.717) is 11.4 Å². The number of hydrogen-bond donors (Lipinski definition) is 0. The van der Waals surface area contributed by atoms with E-state index >= 15 is 0 Å². The summed E-state index contributed by atoms with van der Waals surface area (Å²) < 4.78 is 18.5. The van der Waals surface area contributed by atoms with Crippen LogP contribution in [0.5, 0.6) is 5.88 Å². The first-order valence-corrected chi connectivity index (χ1v) is 6.87. The lowest BCUT2D eigenvalue weighted by atomic mass is 10.2. The molecule has 0 radical (unpaired) electrons. The third kappa shape index (κ3) is 2.97. The van der Waals surface area contributed by atoms with Gasteiger partial charge in [-0.15, -0.1) is 0 Å². The van der Waals surface area contributed by atoms with Crippen LogP contribution in [0.2, 0.25) is 0 Å². The Bertz CT molecular complexity index is 770. The van der Waals surface area contributed by atoms with Crippen molar-refractivity contribution in [1.29, 1.82) is 0 Å². The smallest absolute Gasteiger partial charge is 0.340 e. The fourth-order valence-corrected chi connectivity index (χ4v) is 2.29. The molecule has 21 heavy (non-hydrogen) atoms. The number of ether oxygens (including phenoxy) is 2. The number of pyridine rings is 1. The van der Waals surface area contributed by atoms with Crippen molar-refractivity contribution in [2.24, 2.45) is 0 Å². The van der Waals surface area contributed by atoms with Crippen LogP contribution in [-0.2, 0) is 11.3 Å². The predicted octanol–water partition coefficient (Wildman–Crippen LogP) is 2.45. The number of nitrogens with zero attached hydrogens (tertiary/aromatic N) is 3. The van der Waals surface area contributed by atoms with Gasteiger partial charge in [-0.05, 0) is 23.8 Å². The van der Waals surface area contributed by atoms with E-state index in [1.165, 1.54) is 13.3 Å². The fraction of sp³-hybridized carbons (Fsp3) is 0.143. The number of fused-ring (bicyclic) bond motifs is 1. The maximum atomic E-state index is 11.9. The van der Waals surface area contributed by atoms with E-state index in [-0.39, 0.29) is 6.61 Å². The lowest BCUT2D eigenvalue weighted by molar-refractivity contribution is 0.0472. The van der Waals surface area contributed by atoms with Crippen LogP contribution in [0.15, 0.2) is 36.5 Å². The molecule has 6 nitrogen and oxygen atoms in total. The summed E-state index contributed by atoms with van der Waals surface area (Å²) in [6.07, 6.45) is 1.43. The summed E-state index contributed by atoms with van der Waals surface area (Å²) in [5.74, 6) is 0.0229. The number of carbonyl (C=O) groups is 1. The van der Waals surface area contributed by atoms with Crippen LogP contribution in [0.3, 0.4) is 0 Å². The zero-order valence-corrected chi connectivity index (χ0v) is 12.0. The van der Waals surface area contributed by atoms with Crippen LogP contribution in [-0.4, -0.2) is 26.8 Å². The Morgan fingerprint density at radius 1 is 1.19 bits per heavy atom. The van der Waals surface area contributed by atoms with E-state index in [1.807, 2.05) is 18.2 Å². The molecule has 1 aromatic carbocycles. The molecule has 0 aliphatic carbocycles. The summed E-state index contributed by atoms with van der Waals surface area (Å²) in [4.78, 5) is 15.9. The fourth-order valence-electron chi connectivity index (χ4n) is 1.77. The van der Waals surface area contributed by atoms with Crippen LogP contribution < -0.4 is 4.74 Å². The first-order valence-electron chi connectivity index (χ1n) is 6.14. The van der Waals surface area contributed by atoms with Gasteiger partial charge in [-0.2, -0.15) is 8.75 Å². The minimum absolute atomic E-state index is 0.179. The molecule has 0 amide bonds. The van der Waals surface area contributed by atoms with Crippen molar-refractivity contribution in [3.63, 3.8) is 0 Å². The zero-order chi connectivity index (χ0) is 14.7. The van der Waals surface area contributed by atoms with Crippen molar-refractivity contribution in [2.45, 2.75) is 6.61 Å². The molecule has 0 aliphatic rings. The van der Waals surface area contributed by atoms with Crippen LogP contribution in [0, 0.1) is 0 Å². The highest BCUT2D eigenvalue weighted by Crippen LogP contribution is 2.15. The van der Waals surface area contributed by atoms with Crippen molar-refractivity contribution < 1.29 is 14.3 Å². The highest BCUT2D eigenvalue weighted by atomic mass is 32.1. The molecule has 0 saturated heterocycles. The molecule has 0 fully saturated rings. The monoisotopic (exact) mass is 301 g/mol. The van der Waals surface area contributed by atoms with Crippen molar-refractivity contribution >= 4 is 28.7 Å². The Kier molecular flexibility index (Phi) is 3.74. The van der Waals surface area contributed by atoms with Gasteiger partial charge in [-0.1, -0.05) is 6.07 Å². The van der Waals surface area contributed by atoms with Gasteiger partial charge in [-0.3, -0.25) is 0 Å². The van der Waals surface area contributed by atoms with Gasteiger partial charge in [0.05, 0.1) is 24.4 Å². The average molecular weight is 301 g/mol. The molecule has 0 atom stereocenters. The number of benzene rings is 1. The zero-order valence-electron chi connectivity index (χ0n) is 11.1. The number of rotatable bonds is 4. The van der Waals surface area contributed by atoms with E-state index in [1.54, 1.807) is 12.1 Å². The molecular weight excluding hydrogens is 290 g/mol. The molecule has 0 unspecified atom stereocenters. The van der Waals surface area contributed by atoms with Gasteiger partial charge in [0, 0.05) is 12.3 Å². The second kappa shape index (κ2) is 5.84. The normalized spacial score (nSPS) is 10.5. The minimum Gasteiger partial charge on any atom is -0.481 e. The van der Waals surface area contributed by atoms with Gasteiger partial charge < -0.3 is 9.47 Å². The Labute approximate surface area is 124 Å². The summed E-state index contributed by atoms with van der Waals surface area (Å²) in [7, 11) is 1.52. The highest BCUT2D eigenvalue weighted by molar-refractivity contribution is 7.00. The van der Waals surface area contributed by atoms with Crippen LogP contribution in [0.1, 0.15) is 15.9 Å². The topological polar surface area (TPSA) is 74.2 Å².